The summed E-state index contributed by atoms with van der Waals surface area (Å²) in [5.41, 5.74) is 1.09. The van der Waals surface area contributed by atoms with Crippen molar-refractivity contribution in [2.75, 3.05) is 13.6 Å². The van der Waals surface area contributed by atoms with Crippen molar-refractivity contribution in [3.05, 3.63) is 48.0 Å². The van der Waals surface area contributed by atoms with Gasteiger partial charge in [0.05, 0.1) is 0 Å². The SMILES string of the molecule is CCN1C(=O)C(Cc2ccc3sc4ccccc4c3c2)N(C)C1=O. The minimum Gasteiger partial charge on any atom is -0.315 e. The molecule has 0 radical (unpaired) electrons. The van der Waals surface area contributed by atoms with Gasteiger partial charge in [-0.3, -0.25) is 9.69 Å². The predicted molar refractivity (Wildman–Crippen MR) is 97.4 cm³/mol. The normalized spacial score (nSPS) is 18.3. The van der Waals surface area contributed by atoms with Crippen LogP contribution in [0, 0.1) is 0 Å². The molecule has 3 amide bonds. The fourth-order valence-corrected chi connectivity index (χ4v) is 4.49. The Kier molecular flexibility index (Phi) is 3.53. The van der Waals surface area contributed by atoms with Gasteiger partial charge in [0.2, 0.25) is 0 Å². The molecule has 0 bridgehead atoms. The molecule has 1 atom stereocenters. The summed E-state index contributed by atoms with van der Waals surface area (Å²) in [6, 6.07) is 14.1. The van der Waals surface area contributed by atoms with Crippen LogP contribution in [0.3, 0.4) is 0 Å². The van der Waals surface area contributed by atoms with Crippen LogP contribution < -0.4 is 0 Å². The maximum atomic E-state index is 12.5. The van der Waals surface area contributed by atoms with Gasteiger partial charge in [-0.25, -0.2) is 4.79 Å². The molecule has 1 unspecified atom stereocenters. The molecule has 24 heavy (non-hydrogen) atoms. The Morgan fingerprint density at radius 3 is 2.54 bits per heavy atom. The van der Waals surface area contributed by atoms with E-state index in [1.54, 1.807) is 23.3 Å². The minimum absolute atomic E-state index is 0.0970. The Balaban J connectivity index is 1.71. The van der Waals surface area contributed by atoms with Crippen LogP contribution in [0.5, 0.6) is 0 Å². The third kappa shape index (κ3) is 2.19. The van der Waals surface area contributed by atoms with Gasteiger partial charge in [0.25, 0.3) is 5.91 Å². The van der Waals surface area contributed by atoms with E-state index in [4.69, 9.17) is 0 Å². The van der Waals surface area contributed by atoms with Gasteiger partial charge < -0.3 is 4.90 Å². The first-order valence-electron chi connectivity index (χ1n) is 8.08. The van der Waals surface area contributed by atoms with E-state index in [0.29, 0.717) is 13.0 Å². The van der Waals surface area contributed by atoms with Gasteiger partial charge in [-0.15, -0.1) is 11.3 Å². The van der Waals surface area contributed by atoms with E-state index in [9.17, 15) is 9.59 Å². The van der Waals surface area contributed by atoms with E-state index < -0.39 is 6.04 Å². The largest absolute Gasteiger partial charge is 0.327 e. The van der Waals surface area contributed by atoms with Crippen molar-refractivity contribution < 1.29 is 9.59 Å². The Morgan fingerprint density at radius 1 is 1.04 bits per heavy atom. The lowest BCUT2D eigenvalue weighted by Crippen LogP contribution is -2.33. The zero-order valence-corrected chi connectivity index (χ0v) is 14.5. The highest BCUT2D eigenvalue weighted by Gasteiger charge is 2.41. The van der Waals surface area contributed by atoms with Gasteiger partial charge in [-0.1, -0.05) is 24.3 Å². The lowest BCUT2D eigenvalue weighted by atomic mass is 10.0. The highest BCUT2D eigenvalue weighted by molar-refractivity contribution is 7.25. The number of amides is 3. The molecule has 2 aromatic carbocycles. The average molecular weight is 338 g/mol. The van der Waals surface area contributed by atoms with Crippen molar-refractivity contribution >= 4 is 43.4 Å². The zero-order chi connectivity index (χ0) is 16.8. The topological polar surface area (TPSA) is 40.6 Å². The maximum Gasteiger partial charge on any atom is 0.327 e. The quantitative estimate of drug-likeness (QED) is 0.680. The molecule has 1 fully saturated rings. The van der Waals surface area contributed by atoms with E-state index >= 15 is 0 Å². The second kappa shape index (κ2) is 5.60. The molecule has 3 aromatic rings. The van der Waals surface area contributed by atoms with Crippen LogP contribution in [-0.4, -0.2) is 41.4 Å². The fourth-order valence-electron chi connectivity index (χ4n) is 3.40. The lowest BCUT2D eigenvalue weighted by Gasteiger charge is -2.16. The summed E-state index contributed by atoms with van der Waals surface area (Å²) in [5.74, 6) is -0.0970. The summed E-state index contributed by atoms with van der Waals surface area (Å²) in [6.07, 6.45) is 0.553. The number of imide groups is 1. The van der Waals surface area contributed by atoms with Gasteiger partial charge in [-0.2, -0.15) is 0 Å². The van der Waals surface area contributed by atoms with Crippen LogP contribution in [0.25, 0.3) is 20.2 Å². The molecule has 4 nitrogen and oxygen atoms in total. The monoisotopic (exact) mass is 338 g/mol. The summed E-state index contributed by atoms with van der Waals surface area (Å²) < 4.78 is 2.52. The second-order valence-corrected chi connectivity index (χ2v) is 7.21. The molecule has 2 heterocycles. The van der Waals surface area contributed by atoms with Gasteiger partial charge in [0.15, 0.2) is 0 Å². The fraction of sp³-hybridized carbons (Fsp3) is 0.263. The van der Waals surface area contributed by atoms with Crippen LogP contribution in [-0.2, 0) is 11.2 Å². The number of fused-ring (bicyclic) bond motifs is 3. The molecule has 4 rings (SSSR count). The summed E-state index contributed by atoms with van der Waals surface area (Å²) in [6.45, 7) is 2.25. The molecular weight excluding hydrogens is 320 g/mol. The molecule has 0 aliphatic carbocycles. The number of rotatable bonds is 3. The zero-order valence-electron chi connectivity index (χ0n) is 13.7. The third-order valence-electron chi connectivity index (χ3n) is 4.74. The molecule has 1 aromatic heterocycles. The van der Waals surface area contributed by atoms with Crippen molar-refractivity contribution in [2.45, 2.75) is 19.4 Å². The summed E-state index contributed by atoms with van der Waals surface area (Å²) >= 11 is 1.78. The molecule has 1 aliphatic rings. The Bertz CT molecular complexity index is 962. The van der Waals surface area contributed by atoms with Crippen LogP contribution in [0.1, 0.15) is 12.5 Å². The lowest BCUT2D eigenvalue weighted by molar-refractivity contribution is -0.128. The molecule has 0 saturated carbocycles. The third-order valence-corrected chi connectivity index (χ3v) is 5.89. The molecule has 5 heteroatoms. The van der Waals surface area contributed by atoms with Crippen molar-refractivity contribution in [1.82, 2.24) is 9.80 Å². The Hall–Kier alpha value is -2.40. The first-order chi connectivity index (χ1) is 11.6. The number of benzene rings is 2. The number of carbonyl (C=O) groups is 2. The second-order valence-electron chi connectivity index (χ2n) is 6.12. The van der Waals surface area contributed by atoms with E-state index in [2.05, 4.69) is 36.4 Å². The van der Waals surface area contributed by atoms with Crippen LogP contribution in [0.4, 0.5) is 4.79 Å². The molecule has 1 aliphatic heterocycles. The minimum atomic E-state index is -0.403. The number of hydrogen-bond acceptors (Lipinski definition) is 3. The van der Waals surface area contributed by atoms with Gasteiger partial charge in [-0.05, 0) is 30.7 Å². The van der Waals surface area contributed by atoms with Crippen LogP contribution in [0.15, 0.2) is 42.5 Å². The maximum absolute atomic E-state index is 12.5. The first-order valence-corrected chi connectivity index (χ1v) is 8.90. The van der Waals surface area contributed by atoms with Gasteiger partial charge in [0, 0.05) is 40.2 Å². The Labute approximate surface area is 144 Å². The van der Waals surface area contributed by atoms with Gasteiger partial charge >= 0.3 is 6.03 Å². The number of thiophene rings is 1. The number of carbonyl (C=O) groups excluding carboxylic acids is 2. The van der Waals surface area contributed by atoms with E-state index in [-0.39, 0.29) is 11.9 Å². The van der Waals surface area contributed by atoms with Crippen molar-refractivity contribution in [3.63, 3.8) is 0 Å². The molecule has 1 saturated heterocycles. The number of nitrogens with zero attached hydrogens (tertiary/aromatic N) is 2. The van der Waals surface area contributed by atoms with Crippen LogP contribution >= 0.6 is 11.3 Å². The number of likely N-dealkylation sites (N-methyl/N-ethyl adjacent to an activating group) is 2. The van der Waals surface area contributed by atoms with Crippen molar-refractivity contribution in [3.8, 4) is 0 Å². The van der Waals surface area contributed by atoms with E-state index in [1.165, 1.54) is 25.1 Å². The summed E-state index contributed by atoms with van der Waals surface area (Å²) in [5, 5.41) is 2.47. The molecule has 0 spiro atoms. The first kappa shape index (κ1) is 15.1. The van der Waals surface area contributed by atoms with Crippen molar-refractivity contribution in [2.24, 2.45) is 0 Å². The highest BCUT2D eigenvalue weighted by Crippen LogP contribution is 2.34. The highest BCUT2D eigenvalue weighted by atomic mass is 32.1. The smallest absolute Gasteiger partial charge is 0.315 e. The van der Waals surface area contributed by atoms with E-state index in [0.717, 1.165) is 5.56 Å². The van der Waals surface area contributed by atoms with Crippen molar-refractivity contribution in [1.29, 1.82) is 0 Å². The molecular formula is C19H18N2O2S. The molecule has 122 valence electrons. The number of urea groups is 1. The van der Waals surface area contributed by atoms with Crippen LogP contribution in [0.2, 0.25) is 0 Å². The Morgan fingerprint density at radius 2 is 1.79 bits per heavy atom. The summed E-state index contributed by atoms with van der Waals surface area (Å²) in [7, 11) is 1.71. The predicted octanol–water partition coefficient (Wildman–Crippen LogP) is 3.88. The standard InChI is InChI=1S/C19H18N2O2S/c1-3-21-18(22)15(20(2)19(21)23)11-12-8-9-17-14(10-12)13-6-4-5-7-16(13)24-17/h4-10,15H,3,11H2,1-2H3. The molecule has 0 N–H and O–H groups in total. The van der Waals surface area contributed by atoms with E-state index in [1.807, 2.05) is 13.0 Å². The van der Waals surface area contributed by atoms with Gasteiger partial charge in [0.1, 0.15) is 6.04 Å². The summed E-state index contributed by atoms with van der Waals surface area (Å²) in [4.78, 5) is 27.5. The average Bonchev–Trinajstić information content (AvgIpc) is 3.05. The number of hydrogen-bond donors (Lipinski definition) is 0.